The molecule has 9 heteroatoms. The van der Waals surface area contributed by atoms with Crippen LogP contribution in [-0.2, 0) is 9.53 Å². The summed E-state index contributed by atoms with van der Waals surface area (Å²) in [6.07, 6.45) is 0.224. The molecule has 28 heavy (non-hydrogen) atoms. The number of ether oxygens (including phenoxy) is 1. The van der Waals surface area contributed by atoms with Crippen molar-refractivity contribution in [1.82, 2.24) is 10.6 Å². The molecule has 1 atom stereocenters. The number of furan rings is 1. The minimum atomic E-state index is -1.16. The maximum absolute atomic E-state index is 12.1. The third-order valence-electron chi connectivity index (χ3n) is 3.43. The van der Waals surface area contributed by atoms with Gasteiger partial charge in [0.2, 0.25) is 0 Å². The SMILES string of the molecule is CC(C)NC(=O)NC(=O)[C@H](C)OC(=O)c1ccc(NC(=O)c2ccco2)cc1. The summed E-state index contributed by atoms with van der Waals surface area (Å²) < 4.78 is 10.0. The molecule has 0 radical (unpaired) electrons. The van der Waals surface area contributed by atoms with Crippen molar-refractivity contribution in [3.05, 3.63) is 54.0 Å². The zero-order valence-electron chi connectivity index (χ0n) is 15.6. The molecule has 4 amide bonds. The maximum atomic E-state index is 12.1. The second kappa shape index (κ2) is 9.36. The van der Waals surface area contributed by atoms with Crippen molar-refractivity contribution < 1.29 is 28.3 Å². The lowest BCUT2D eigenvalue weighted by molar-refractivity contribution is -0.127. The second-order valence-corrected chi connectivity index (χ2v) is 6.17. The maximum Gasteiger partial charge on any atom is 0.338 e. The lowest BCUT2D eigenvalue weighted by Crippen LogP contribution is -2.46. The second-order valence-electron chi connectivity index (χ2n) is 6.17. The third-order valence-corrected chi connectivity index (χ3v) is 3.43. The van der Waals surface area contributed by atoms with Crippen LogP contribution in [0.15, 0.2) is 47.1 Å². The Hall–Kier alpha value is -3.62. The fraction of sp³-hybridized carbons (Fsp3) is 0.263. The smallest absolute Gasteiger partial charge is 0.338 e. The largest absolute Gasteiger partial charge is 0.459 e. The number of amides is 4. The van der Waals surface area contributed by atoms with E-state index in [2.05, 4.69) is 16.0 Å². The van der Waals surface area contributed by atoms with E-state index in [-0.39, 0.29) is 17.4 Å². The average Bonchev–Trinajstić information content (AvgIpc) is 3.16. The highest BCUT2D eigenvalue weighted by molar-refractivity contribution is 6.02. The van der Waals surface area contributed by atoms with E-state index in [1.54, 1.807) is 19.9 Å². The Morgan fingerprint density at radius 2 is 1.68 bits per heavy atom. The first-order valence-electron chi connectivity index (χ1n) is 8.53. The molecule has 2 aromatic rings. The Morgan fingerprint density at radius 3 is 2.25 bits per heavy atom. The van der Waals surface area contributed by atoms with E-state index in [1.807, 2.05) is 0 Å². The highest BCUT2D eigenvalue weighted by atomic mass is 16.5. The molecule has 9 nitrogen and oxygen atoms in total. The van der Waals surface area contributed by atoms with Crippen LogP contribution in [0.25, 0.3) is 0 Å². The fourth-order valence-electron chi connectivity index (χ4n) is 2.08. The predicted molar refractivity (Wildman–Crippen MR) is 99.8 cm³/mol. The predicted octanol–water partition coefficient (Wildman–Crippen LogP) is 2.31. The lowest BCUT2D eigenvalue weighted by atomic mass is 10.2. The number of esters is 1. The summed E-state index contributed by atoms with van der Waals surface area (Å²) >= 11 is 0. The van der Waals surface area contributed by atoms with E-state index in [4.69, 9.17) is 9.15 Å². The molecule has 3 N–H and O–H groups in total. The molecule has 148 valence electrons. The van der Waals surface area contributed by atoms with Gasteiger partial charge >= 0.3 is 12.0 Å². The molecule has 0 fully saturated rings. The molecule has 2 rings (SSSR count). The zero-order chi connectivity index (χ0) is 20.7. The molecule has 0 spiro atoms. The highest BCUT2D eigenvalue weighted by Crippen LogP contribution is 2.13. The normalized spacial score (nSPS) is 11.4. The summed E-state index contributed by atoms with van der Waals surface area (Å²) in [7, 11) is 0. The average molecular weight is 387 g/mol. The minimum Gasteiger partial charge on any atom is -0.459 e. The summed E-state index contributed by atoms with van der Waals surface area (Å²) in [5.41, 5.74) is 0.636. The van der Waals surface area contributed by atoms with Crippen molar-refractivity contribution in [3.63, 3.8) is 0 Å². The summed E-state index contributed by atoms with van der Waals surface area (Å²) in [5, 5.41) is 7.20. The Bertz CT molecular complexity index is 843. The summed E-state index contributed by atoms with van der Waals surface area (Å²) in [6, 6.07) is 8.22. The van der Waals surface area contributed by atoms with E-state index in [1.165, 1.54) is 43.5 Å². The number of rotatable bonds is 6. The summed E-state index contributed by atoms with van der Waals surface area (Å²) in [6.45, 7) is 4.84. The van der Waals surface area contributed by atoms with Gasteiger partial charge in [0, 0.05) is 11.7 Å². The number of imide groups is 1. The van der Waals surface area contributed by atoms with Crippen LogP contribution in [0, 0.1) is 0 Å². The first-order chi connectivity index (χ1) is 13.3. The topological polar surface area (TPSA) is 127 Å². The quantitative estimate of drug-likeness (QED) is 0.653. The van der Waals surface area contributed by atoms with Gasteiger partial charge in [0.25, 0.3) is 11.8 Å². The molecule has 0 saturated heterocycles. The van der Waals surface area contributed by atoms with Gasteiger partial charge in [0.05, 0.1) is 11.8 Å². The molecule has 0 aliphatic rings. The number of anilines is 1. The van der Waals surface area contributed by atoms with Crippen LogP contribution in [0.2, 0.25) is 0 Å². The number of carbonyl (C=O) groups excluding carboxylic acids is 4. The van der Waals surface area contributed by atoms with Crippen LogP contribution in [0.1, 0.15) is 41.7 Å². The molecule has 0 saturated carbocycles. The summed E-state index contributed by atoms with van der Waals surface area (Å²) in [5.74, 6) is -1.75. The van der Waals surface area contributed by atoms with Crippen molar-refractivity contribution in [3.8, 4) is 0 Å². The first kappa shape index (κ1) is 20.7. The van der Waals surface area contributed by atoms with Gasteiger partial charge in [-0.25, -0.2) is 9.59 Å². The van der Waals surface area contributed by atoms with Gasteiger partial charge in [-0.2, -0.15) is 0 Å². The highest BCUT2D eigenvalue weighted by Gasteiger charge is 2.21. The number of nitrogens with one attached hydrogen (secondary N) is 3. The summed E-state index contributed by atoms with van der Waals surface area (Å²) in [4.78, 5) is 47.4. The van der Waals surface area contributed by atoms with E-state index < -0.39 is 29.9 Å². The number of hydrogen-bond acceptors (Lipinski definition) is 6. The lowest BCUT2D eigenvalue weighted by Gasteiger charge is -2.14. The third kappa shape index (κ3) is 5.97. The van der Waals surface area contributed by atoms with E-state index in [9.17, 15) is 19.2 Å². The van der Waals surface area contributed by atoms with Gasteiger partial charge < -0.3 is 19.8 Å². The van der Waals surface area contributed by atoms with Crippen LogP contribution in [0.4, 0.5) is 10.5 Å². The number of carbonyl (C=O) groups is 4. The van der Waals surface area contributed by atoms with Crippen LogP contribution >= 0.6 is 0 Å². The molecule has 0 unspecified atom stereocenters. The van der Waals surface area contributed by atoms with Crippen molar-refractivity contribution >= 4 is 29.5 Å². The molecule has 0 bridgehead atoms. The standard InChI is InChI=1S/C19H21N3O6/c1-11(2)20-19(26)22-16(23)12(3)28-18(25)13-6-8-14(9-7-13)21-17(24)15-5-4-10-27-15/h4-12H,1-3H3,(H,21,24)(H2,20,22,23,26)/t12-/m0/s1. The van der Waals surface area contributed by atoms with Crippen molar-refractivity contribution in [2.24, 2.45) is 0 Å². The molecule has 1 aromatic heterocycles. The Morgan fingerprint density at radius 1 is 1.00 bits per heavy atom. The number of hydrogen-bond donors (Lipinski definition) is 3. The number of urea groups is 1. The van der Waals surface area contributed by atoms with Crippen molar-refractivity contribution in [2.45, 2.75) is 32.9 Å². The van der Waals surface area contributed by atoms with Crippen LogP contribution in [0.3, 0.4) is 0 Å². The van der Waals surface area contributed by atoms with Gasteiger partial charge in [0.15, 0.2) is 11.9 Å². The first-order valence-corrected chi connectivity index (χ1v) is 8.53. The van der Waals surface area contributed by atoms with Gasteiger partial charge in [-0.3, -0.25) is 14.9 Å². The Kier molecular flexibility index (Phi) is 6.91. The van der Waals surface area contributed by atoms with E-state index in [0.717, 1.165) is 0 Å². The van der Waals surface area contributed by atoms with Gasteiger partial charge in [-0.15, -0.1) is 0 Å². The molecule has 1 aromatic carbocycles. The molecule has 0 aliphatic carbocycles. The van der Waals surface area contributed by atoms with Crippen LogP contribution < -0.4 is 16.0 Å². The molecule has 0 aliphatic heterocycles. The van der Waals surface area contributed by atoms with Gasteiger partial charge in [-0.05, 0) is 57.2 Å². The van der Waals surface area contributed by atoms with E-state index >= 15 is 0 Å². The molecular formula is C19H21N3O6. The van der Waals surface area contributed by atoms with Gasteiger partial charge in [0.1, 0.15) is 0 Å². The van der Waals surface area contributed by atoms with Gasteiger partial charge in [-0.1, -0.05) is 0 Å². The number of benzene rings is 1. The zero-order valence-corrected chi connectivity index (χ0v) is 15.6. The molecule has 1 heterocycles. The van der Waals surface area contributed by atoms with Crippen molar-refractivity contribution in [2.75, 3.05) is 5.32 Å². The Balaban J connectivity index is 1.89. The fourth-order valence-corrected chi connectivity index (χ4v) is 2.08. The van der Waals surface area contributed by atoms with Crippen LogP contribution in [0.5, 0.6) is 0 Å². The van der Waals surface area contributed by atoms with Crippen molar-refractivity contribution in [1.29, 1.82) is 0 Å². The minimum absolute atomic E-state index is 0.141. The molecular weight excluding hydrogens is 366 g/mol. The van der Waals surface area contributed by atoms with E-state index in [0.29, 0.717) is 5.69 Å². The Labute approximate surface area is 161 Å². The monoisotopic (exact) mass is 387 g/mol. The van der Waals surface area contributed by atoms with Crippen LogP contribution in [-0.4, -0.2) is 36.0 Å².